The van der Waals surface area contributed by atoms with Gasteiger partial charge in [-0.3, -0.25) is 15.5 Å². The van der Waals surface area contributed by atoms with Gasteiger partial charge in [-0.2, -0.15) is 5.10 Å². The van der Waals surface area contributed by atoms with Gasteiger partial charge in [0.2, 0.25) is 0 Å². The summed E-state index contributed by atoms with van der Waals surface area (Å²) in [5.74, 6) is 0.615. The topological polar surface area (TPSA) is 76.8 Å². The Bertz CT molecular complexity index is 1080. The fourth-order valence-electron chi connectivity index (χ4n) is 2.41. The first-order chi connectivity index (χ1) is 13.9. The van der Waals surface area contributed by atoms with Gasteiger partial charge >= 0.3 is 0 Å². The van der Waals surface area contributed by atoms with Gasteiger partial charge in [0.05, 0.1) is 26.9 Å². The van der Waals surface area contributed by atoms with Gasteiger partial charge in [0, 0.05) is 22.2 Å². The molecule has 9 heteroatoms. The maximum absolute atomic E-state index is 10.9. The van der Waals surface area contributed by atoms with E-state index in [4.69, 9.17) is 27.9 Å². The summed E-state index contributed by atoms with van der Waals surface area (Å²) in [6.45, 7) is 0.303. The molecule has 3 rings (SSSR count). The molecule has 0 amide bonds. The first-order valence-electron chi connectivity index (χ1n) is 8.32. The molecule has 0 aliphatic rings. The number of nitrogens with zero attached hydrogens (tertiary/aromatic N) is 2. The minimum Gasteiger partial charge on any atom is -0.488 e. The van der Waals surface area contributed by atoms with Gasteiger partial charge in [-0.25, -0.2) is 0 Å². The number of ether oxygens (including phenoxy) is 1. The van der Waals surface area contributed by atoms with Gasteiger partial charge in [-0.15, -0.1) is 0 Å². The van der Waals surface area contributed by atoms with Crippen LogP contribution in [-0.2, 0) is 6.61 Å². The molecular formula is C20H14BrCl2N3O3. The summed E-state index contributed by atoms with van der Waals surface area (Å²) < 4.78 is 6.75. The first kappa shape index (κ1) is 21.1. The molecule has 1 N–H and O–H groups in total. The molecule has 0 radical (unpaired) electrons. The lowest BCUT2D eigenvalue weighted by molar-refractivity contribution is -0.384. The van der Waals surface area contributed by atoms with Crippen LogP contribution in [0.15, 0.2) is 70.2 Å². The Morgan fingerprint density at radius 3 is 2.69 bits per heavy atom. The van der Waals surface area contributed by atoms with Gasteiger partial charge in [-0.1, -0.05) is 51.3 Å². The van der Waals surface area contributed by atoms with Crippen molar-refractivity contribution in [3.05, 3.63) is 96.4 Å². The second-order valence-electron chi connectivity index (χ2n) is 5.90. The van der Waals surface area contributed by atoms with Crippen molar-refractivity contribution in [1.82, 2.24) is 0 Å². The highest BCUT2D eigenvalue weighted by atomic mass is 79.9. The monoisotopic (exact) mass is 493 g/mol. The molecular weight excluding hydrogens is 481 g/mol. The number of hydrazone groups is 1. The zero-order valence-electron chi connectivity index (χ0n) is 14.8. The van der Waals surface area contributed by atoms with Crippen LogP contribution in [0.3, 0.4) is 0 Å². The number of halogens is 3. The van der Waals surface area contributed by atoms with Crippen molar-refractivity contribution in [2.75, 3.05) is 5.43 Å². The standard InChI is InChI=1S/C20H14BrCl2N3O3/c21-15-5-7-20(29-12-13-4-6-18(22)19(23)8-13)14(9-15)11-24-25-16-2-1-3-17(10-16)26(27)28/h1-11,25H,12H2. The number of hydrogen-bond acceptors (Lipinski definition) is 5. The van der Waals surface area contributed by atoms with E-state index in [1.165, 1.54) is 12.1 Å². The lowest BCUT2D eigenvalue weighted by Crippen LogP contribution is -1.99. The van der Waals surface area contributed by atoms with Gasteiger partial charge < -0.3 is 4.74 Å². The van der Waals surface area contributed by atoms with E-state index < -0.39 is 4.92 Å². The molecule has 0 heterocycles. The van der Waals surface area contributed by atoms with Gasteiger partial charge in [0.25, 0.3) is 5.69 Å². The van der Waals surface area contributed by atoms with Crippen LogP contribution in [0.1, 0.15) is 11.1 Å². The Labute approximate surface area is 185 Å². The average molecular weight is 495 g/mol. The van der Waals surface area contributed by atoms with Crippen LogP contribution in [0.2, 0.25) is 10.0 Å². The number of anilines is 1. The Morgan fingerprint density at radius 1 is 1.10 bits per heavy atom. The van der Waals surface area contributed by atoms with Crippen LogP contribution in [0.5, 0.6) is 5.75 Å². The Morgan fingerprint density at radius 2 is 1.93 bits per heavy atom. The van der Waals surface area contributed by atoms with Gasteiger partial charge in [0.15, 0.2) is 0 Å². The molecule has 29 heavy (non-hydrogen) atoms. The number of nitro benzene ring substituents is 1. The lowest BCUT2D eigenvalue weighted by atomic mass is 10.2. The number of nitrogens with one attached hydrogen (secondary N) is 1. The largest absolute Gasteiger partial charge is 0.488 e. The maximum atomic E-state index is 10.9. The maximum Gasteiger partial charge on any atom is 0.271 e. The van der Waals surface area contributed by atoms with E-state index in [1.54, 1.807) is 30.5 Å². The molecule has 0 fully saturated rings. The molecule has 0 spiro atoms. The molecule has 0 aliphatic heterocycles. The number of benzene rings is 3. The Hall–Kier alpha value is -2.61. The molecule has 0 unspecified atom stereocenters. The van der Waals surface area contributed by atoms with E-state index >= 15 is 0 Å². The summed E-state index contributed by atoms with van der Waals surface area (Å²) in [6.07, 6.45) is 1.58. The average Bonchev–Trinajstić information content (AvgIpc) is 2.70. The first-order valence-corrected chi connectivity index (χ1v) is 9.87. The Balaban J connectivity index is 1.72. The van der Waals surface area contributed by atoms with Crippen molar-refractivity contribution in [2.45, 2.75) is 6.61 Å². The summed E-state index contributed by atoms with van der Waals surface area (Å²) in [6, 6.07) is 16.9. The predicted octanol–water partition coefficient (Wildman–Crippen LogP) is 6.69. The van der Waals surface area contributed by atoms with Crippen LogP contribution in [0.4, 0.5) is 11.4 Å². The highest BCUT2D eigenvalue weighted by Crippen LogP contribution is 2.26. The zero-order valence-corrected chi connectivity index (χ0v) is 17.9. The number of hydrogen-bond donors (Lipinski definition) is 1. The SMILES string of the molecule is O=[N+]([O-])c1cccc(NN=Cc2cc(Br)ccc2OCc2ccc(Cl)c(Cl)c2)c1. The van der Waals surface area contributed by atoms with Crippen molar-refractivity contribution < 1.29 is 9.66 Å². The summed E-state index contributed by atoms with van der Waals surface area (Å²) >= 11 is 15.4. The number of non-ortho nitro benzene ring substituents is 1. The molecule has 0 atom stereocenters. The van der Waals surface area contributed by atoms with Crippen molar-refractivity contribution in [1.29, 1.82) is 0 Å². The number of rotatable bonds is 7. The van der Waals surface area contributed by atoms with E-state index in [2.05, 4.69) is 26.5 Å². The molecule has 6 nitrogen and oxygen atoms in total. The van der Waals surface area contributed by atoms with Gasteiger partial charge in [-0.05, 0) is 42.0 Å². The van der Waals surface area contributed by atoms with Gasteiger partial charge in [0.1, 0.15) is 12.4 Å². The minimum absolute atomic E-state index is 0.0155. The molecule has 0 saturated carbocycles. The third-order valence-electron chi connectivity index (χ3n) is 3.80. The molecule has 148 valence electrons. The van der Waals surface area contributed by atoms with Crippen molar-refractivity contribution >= 4 is 56.7 Å². The van der Waals surface area contributed by atoms with E-state index in [0.717, 1.165) is 15.6 Å². The van der Waals surface area contributed by atoms with Crippen LogP contribution >= 0.6 is 39.1 Å². The number of nitro groups is 1. The van der Waals surface area contributed by atoms with E-state index in [1.807, 2.05) is 24.3 Å². The summed E-state index contributed by atoms with van der Waals surface area (Å²) in [5, 5.41) is 16.0. The highest BCUT2D eigenvalue weighted by Gasteiger charge is 2.07. The molecule has 0 bridgehead atoms. The van der Waals surface area contributed by atoms with Crippen LogP contribution < -0.4 is 10.2 Å². The minimum atomic E-state index is -0.460. The van der Waals surface area contributed by atoms with E-state index in [-0.39, 0.29) is 5.69 Å². The van der Waals surface area contributed by atoms with Crippen LogP contribution in [0, 0.1) is 10.1 Å². The fourth-order valence-corrected chi connectivity index (χ4v) is 3.11. The summed E-state index contributed by atoms with van der Waals surface area (Å²) in [5.41, 5.74) is 4.87. The van der Waals surface area contributed by atoms with Crippen LogP contribution in [0.25, 0.3) is 0 Å². The predicted molar refractivity (Wildman–Crippen MR) is 119 cm³/mol. The Kier molecular flexibility index (Phi) is 7.09. The second-order valence-corrected chi connectivity index (χ2v) is 7.63. The second kappa shape index (κ2) is 9.73. The zero-order chi connectivity index (χ0) is 20.8. The molecule has 0 saturated heterocycles. The normalized spacial score (nSPS) is 10.9. The quantitative estimate of drug-likeness (QED) is 0.225. The summed E-state index contributed by atoms with van der Waals surface area (Å²) in [4.78, 5) is 10.4. The van der Waals surface area contributed by atoms with Crippen molar-refractivity contribution in [3.63, 3.8) is 0 Å². The molecule has 0 aromatic heterocycles. The van der Waals surface area contributed by atoms with E-state index in [0.29, 0.717) is 28.1 Å². The third kappa shape index (κ3) is 5.93. The smallest absolute Gasteiger partial charge is 0.271 e. The lowest BCUT2D eigenvalue weighted by Gasteiger charge is -2.10. The fraction of sp³-hybridized carbons (Fsp3) is 0.0500. The van der Waals surface area contributed by atoms with E-state index in [9.17, 15) is 10.1 Å². The highest BCUT2D eigenvalue weighted by molar-refractivity contribution is 9.10. The molecule has 3 aromatic carbocycles. The molecule has 3 aromatic rings. The molecule has 0 aliphatic carbocycles. The van der Waals surface area contributed by atoms with Crippen LogP contribution in [-0.4, -0.2) is 11.1 Å². The third-order valence-corrected chi connectivity index (χ3v) is 5.04. The van der Waals surface area contributed by atoms with Crippen molar-refractivity contribution in [3.8, 4) is 5.75 Å². The summed E-state index contributed by atoms with van der Waals surface area (Å²) in [7, 11) is 0. The van der Waals surface area contributed by atoms with Crippen molar-refractivity contribution in [2.24, 2.45) is 5.10 Å².